The van der Waals surface area contributed by atoms with Crippen LogP contribution < -0.4 is 10.6 Å². The molecule has 0 saturated heterocycles. The van der Waals surface area contributed by atoms with Crippen LogP contribution in [0.25, 0.3) is 0 Å². The van der Waals surface area contributed by atoms with Gasteiger partial charge < -0.3 is 10.6 Å². The Labute approximate surface area is 119 Å². The maximum Gasteiger partial charge on any atom is 0.182 e. The number of benzene rings is 1. The summed E-state index contributed by atoms with van der Waals surface area (Å²) < 4.78 is 27.9. The molecule has 2 N–H and O–H groups in total. The topological polar surface area (TPSA) is 29.3 Å². The minimum Gasteiger partial charge on any atom is -0.365 e. The number of rotatable bonds is 2. The largest absolute Gasteiger partial charge is 0.365 e. The van der Waals surface area contributed by atoms with Crippen LogP contribution in [0.5, 0.6) is 0 Å². The summed E-state index contributed by atoms with van der Waals surface area (Å²) in [4.78, 5) is 1.87. The van der Waals surface area contributed by atoms with Gasteiger partial charge in [-0.15, -0.1) is 0 Å². The molecule has 1 aliphatic heterocycles. The van der Waals surface area contributed by atoms with E-state index in [1.807, 2.05) is 4.90 Å². The molecule has 2 nitrogen and oxygen atoms in total. The second kappa shape index (κ2) is 5.52. The van der Waals surface area contributed by atoms with Gasteiger partial charge in [-0.1, -0.05) is 38.5 Å². The summed E-state index contributed by atoms with van der Waals surface area (Å²) in [5, 5.41) is 0. The molecule has 110 valence electrons. The van der Waals surface area contributed by atoms with Crippen LogP contribution in [-0.2, 0) is 6.54 Å². The molecule has 0 aliphatic carbocycles. The minimum absolute atomic E-state index is 0.0110. The van der Waals surface area contributed by atoms with E-state index in [4.69, 9.17) is 5.73 Å². The van der Waals surface area contributed by atoms with Gasteiger partial charge in [0.2, 0.25) is 0 Å². The van der Waals surface area contributed by atoms with E-state index in [2.05, 4.69) is 26.8 Å². The third kappa shape index (κ3) is 2.85. The van der Waals surface area contributed by atoms with E-state index in [1.165, 1.54) is 5.57 Å². The second-order valence-corrected chi connectivity index (χ2v) is 6.25. The maximum absolute atomic E-state index is 14.1. The zero-order valence-electron chi connectivity index (χ0n) is 12.3. The molecule has 1 aromatic carbocycles. The lowest BCUT2D eigenvalue weighted by Crippen LogP contribution is -2.32. The van der Waals surface area contributed by atoms with Crippen LogP contribution in [0.4, 0.5) is 14.5 Å². The van der Waals surface area contributed by atoms with Crippen LogP contribution in [0.3, 0.4) is 0 Å². The smallest absolute Gasteiger partial charge is 0.182 e. The SMILES string of the molecule is CC(C)(C)C1=CCN(c2ccc(CN)c(F)c2F)CC1. The number of nitrogens with two attached hydrogens (primary N) is 1. The van der Waals surface area contributed by atoms with Crippen molar-refractivity contribution >= 4 is 5.69 Å². The predicted molar refractivity (Wildman–Crippen MR) is 78.6 cm³/mol. The van der Waals surface area contributed by atoms with Gasteiger partial charge in [0.25, 0.3) is 0 Å². The molecule has 0 aromatic heterocycles. The first-order valence-corrected chi connectivity index (χ1v) is 6.96. The molecule has 2 rings (SSSR count). The van der Waals surface area contributed by atoms with E-state index in [9.17, 15) is 8.78 Å². The summed E-state index contributed by atoms with van der Waals surface area (Å²) in [6.07, 6.45) is 3.00. The van der Waals surface area contributed by atoms with Crippen molar-refractivity contribution in [2.45, 2.75) is 33.7 Å². The van der Waals surface area contributed by atoms with Crippen molar-refractivity contribution in [3.63, 3.8) is 0 Å². The third-order valence-corrected chi connectivity index (χ3v) is 3.87. The molecule has 0 radical (unpaired) electrons. The average Bonchev–Trinajstić information content (AvgIpc) is 2.41. The summed E-state index contributed by atoms with van der Waals surface area (Å²) in [5.41, 5.74) is 7.43. The van der Waals surface area contributed by atoms with E-state index in [1.54, 1.807) is 12.1 Å². The van der Waals surface area contributed by atoms with Gasteiger partial charge >= 0.3 is 0 Å². The van der Waals surface area contributed by atoms with Crippen LogP contribution in [0.2, 0.25) is 0 Å². The Morgan fingerprint density at radius 1 is 1.20 bits per heavy atom. The number of hydrogen-bond donors (Lipinski definition) is 1. The molecule has 1 aliphatic rings. The van der Waals surface area contributed by atoms with Crippen LogP contribution in [0.1, 0.15) is 32.8 Å². The van der Waals surface area contributed by atoms with Crippen LogP contribution in [-0.4, -0.2) is 13.1 Å². The van der Waals surface area contributed by atoms with E-state index in [-0.39, 0.29) is 17.5 Å². The summed E-state index contributed by atoms with van der Waals surface area (Å²) in [5.74, 6) is -1.61. The normalized spacial score (nSPS) is 16.3. The molecule has 0 unspecified atom stereocenters. The highest BCUT2D eigenvalue weighted by molar-refractivity contribution is 5.51. The van der Waals surface area contributed by atoms with Gasteiger partial charge in [-0.3, -0.25) is 0 Å². The Morgan fingerprint density at radius 2 is 1.90 bits per heavy atom. The second-order valence-electron chi connectivity index (χ2n) is 6.25. The molecule has 0 saturated carbocycles. The fraction of sp³-hybridized carbons (Fsp3) is 0.500. The molecular formula is C16H22F2N2. The zero-order valence-corrected chi connectivity index (χ0v) is 12.3. The highest BCUT2D eigenvalue weighted by Crippen LogP contribution is 2.32. The maximum atomic E-state index is 14.1. The molecule has 1 heterocycles. The molecular weight excluding hydrogens is 258 g/mol. The summed E-state index contributed by atoms with van der Waals surface area (Å²) in [6, 6.07) is 3.19. The van der Waals surface area contributed by atoms with Gasteiger partial charge in [0.1, 0.15) is 0 Å². The third-order valence-electron chi connectivity index (χ3n) is 3.87. The van der Waals surface area contributed by atoms with Gasteiger partial charge in [-0.25, -0.2) is 8.78 Å². The Balaban J connectivity index is 2.24. The molecule has 4 heteroatoms. The molecule has 1 aromatic rings. The zero-order chi connectivity index (χ0) is 14.9. The molecule has 0 spiro atoms. The monoisotopic (exact) mass is 280 g/mol. The molecule has 0 amide bonds. The van der Waals surface area contributed by atoms with E-state index < -0.39 is 11.6 Å². The quantitative estimate of drug-likeness (QED) is 0.839. The Bertz CT molecular complexity index is 530. The van der Waals surface area contributed by atoms with Gasteiger partial charge in [-0.05, 0) is 17.9 Å². The Morgan fingerprint density at radius 3 is 2.40 bits per heavy atom. The number of hydrogen-bond acceptors (Lipinski definition) is 2. The lowest BCUT2D eigenvalue weighted by molar-refractivity contribution is 0.468. The Kier molecular flexibility index (Phi) is 4.14. The number of anilines is 1. The first kappa shape index (κ1) is 15.0. The van der Waals surface area contributed by atoms with Crippen molar-refractivity contribution in [2.24, 2.45) is 11.1 Å². The molecule has 0 fully saturated rings. The lowest BCUT2D eigenvalue weighted by atomic mass is 9.83. The van der Waals surface area contributed by atoms with E-state index in [0.29, 0.717) is 18.8 Å². The average molecular weight is 280 g/mol. The first-order valence-electron chi connectivity index (χ1n) is 6.96. The first-order chi connectivity index (χ1) is 9.34. The van der Waals surface area contributed by atoms with E-state index in [0.717, 1.165) is 6.42 Å². The van der Waals surface area contributed by atoms with E-state index >= 15 is 0 Å². The van der Waals surface area contributed by atoms with Gasteiger partial charge in [0, 0.05) is 25.2 Å². The minimum atomic E-state index is -0.824. The van der Waals surface area contributed by atoms with Crippen molar-refractivity contribution in [3.8, 4) is 0 Å². The van der Waals surface area contributed by atoms with Crippen molar-refractivity contribution in [1.29, 1.82) is 0 Å². The fourth-order valence-electron chi connectivity index (χ4n) is 2.55. The number of nitrogens with zero attached hydrogens (tertiary/aromatic N) is 1. The van der Waals surface area contributed by atoms with Gasteiger partial charge in [-0.2, -0.15) is 0 Å². The predicted octanol–water partition coefficient (Wildman–Crippen LogP) is 3.61. The highest BCUT2D eigenvalue weighted by atomic mass is 19.2. The van der Waals surface area contributed by atoms with Crippen LogP contribution >= 0.6 is 0 Å². The van der Waals surface area contributed by atoms with Crippen molar-refractivity contribution in [2.75, 3.05) is 18.0 Å². The number of halogens is 2. The fourth-order valence-corrected chi connectivity index (χ4v) is 2.55. The summed E-state index contributed by atoms with van der Waals surface area (Å²) in [6.45, 7) is 7.85. The summed E-state index contributed by atoms with van der Waals surface area (Å²) >= 11 is 0. The lowest BCUT2D eigenvalue weighted by Gasteiger charge is -2.33. The summed E-state index contributed by atoms with van der Waals surface area (Å²) in [7, 11) is 0. The Hall–Kier alpha value is -1.42. The molecule has 20 heavy (non-hydrogen) atoms. The van der Waals surface area contributed by atoms with Crippen molar-refractivity contribution in [3.05, 3.63) is 41.0 Å². The van der Waals surface area contributed by atoms with Gasteiger partial charge in [0.05, 0.1) is 5.69 Å². The highest BCUT2D eigenvalue weighted by Gasteiger charge is 2.24. The van der Waals surface area contributed by atoms with Crippen molar-refractivity contribution in [1.82, 2.24) is 0 Å². The van der Waals surface area contributed by atoms with Gasteiger partial charge in [0.15, 0.2) is 11.6 Å². The standard InChI is InChI=1S/C16H22F2N2/c1-16(2,3)12-6-8-20(9-7-12)13-5-4-11(10-19)14(17)15(13)18/h4-6H,7-10,19H2,1-3H3. The molecule has 0 atom stereocenters. The molecule has 0 bridgehead atoms. The van der Waals surface area contributed by atoms with Crippen molar-refractivity contribution < 1.29 is 8.78 Å². The van der Waals surface area contributed by atoms with Crippen LogP contribution in [0.15, 0.2) is 23.8 Å². The van der Waals surface area contributed by atoms with Crippen LogP contribution in [0, 0.1) is 17.0 Å².